The van der Waals surface area contributed by atoms with Gasteiger partial charge < -0.3 is 8.83 Å². The van der Waals surface area contributed by atoms with Crippen LogP contribution in [0.15, 0.2) is 301 Å². The fourth-order valence-corrected chi connectivity index (χ4v) is 11.6. The number of rotatable bonds is 6. The molecule has 12 heteroatoms. The molecule has 0 saturated carbocycles. The Labute approximate surface area is 647 Å². The minimum Gasteiger partial charge on any atom is -0.454 e. The van der Waals surface area contributed by atoms with E-state index in [-0.39, 0.29) is 27.1 Å². The van der Waals surface area contributed by atoms with Gasteiger partial charge in [-0.15, -0.1) is 6.42 Å². The summed E-state index contributed by atoms with van der Waals surface area (Å²) in [5, 5.41) is 13.4. The Hall–Kier alpha value is -12.9. The van der Waals surface area contributed by atoms with Gasteiger partial charge >= 0.3 is 0 Å². The summed E-state index contributed by atoms with van der Waals surface area (Å²) in [5.74, 6) is 6.69. The number of nitriles is 1. The number of terminal acetylenes is 1. The number of hydrogen-bond donors (Lipinski definition) is 0. The van der Waals surface area contributed by atoms with E-state index in [1.165, 1.54) is 0 Å². The molecule has 0 saturated heterocycles. The molecule has 16 rings (SSSR count). The average molecular weight is 1440 g/mol. The van der Waals surface area contributed by atoms with E-state index in [9.17, 15) is 0 Å². The molecule has 0 aliphatic heterocycles. The molecule has 0 fully saturated rings. The van der Waals surface area contributed by atoms with Crippen LogP contribution in [0.1, 0.15) is 144 Å². The Morgan fingerprint density at radius 3 is 1.18 bits per heavy atom. The second kappa shape index (κ2) is 34.3. The minimum absolute atomic E-state index is 0.00914. The summed E-state index contributed by atoms with van der Waals surface area (Å²) < 4.78 is 11.8. The van der Waals surface area contributed by atoms with Crippen molar-refractivity contribution in [3.63, 3.8) is 0 Å². The van der Waals surface area contributed by atoms with E-state index in [2.05, 4.69) is 224 Å². The maximum atomic E-state index is 8.87. The first-order chi connectivity index (χ1) is 52.6. The first-order valence-electron chi connectivity index (χ1n) is 37.0. The molecule has 0 atom stereocenters. The Balaban J connectivity index is 0.000000131. The third-order valence-corrected chi connectivity index (χ3v) is 17.8. The highest BCUT2D eigenvalue weighted by Gasteiger charge is 2.27. The predicted octanol–water partition coefficient (Wildman–Crippen LogP) is 24.8. The molecule has 7 aromatic heterocycles. The number of furan rings is 2. The van der Waals surface area contributed by atoms with Crippen molar-refractivity contribution >= 4 is 43.9 Å². The lowest BCUT2D eigenvalue weighted by Gasteiger charge is -2.24. The van der Waals surface area contributed by atoms with Gasteiger partial charge in [0.05, 0.1) is 28.8 Å². The molecule has 0 N–H and O–H groups in total. The van der Waals surface area contributed by atoms with E-state index < -0.39 is 0 Å². The number of nitrogens with zero attached hydrogens (tertiary/aromatic N) is 10. The lowest BCUT2D eigenvalue weighted by Crippen LogP contribution is -2.24. The highest BCUT2D eigenvalue weighted by molar-refractivity contribution is 6.09. The lowest BCUT2D eigenvalue weighted by atomic mass is 9.86. The number of para-hydroxylation sites is 2. The van der Waals surface area contributed by atoms with Crippen molar-refractivity contribution < 1.29 is 8.83 Å². The molecular weight excluding hydrogens is 1350 g/mol. The number of fused-ring (bicyclic) bond motifs is 6. The summed E-state index contributed by atoms with van der Waals surface area (Å²) in [6, 6.07) is 90.8. The number of hydrogen-bond acceptors (Lipinski definition) is 12. The molecule has 0 aliphatic carbocycles. The van der Waals surface area contributed by atoms with Crippen molar-refractivity contribution in [3.8, 4) is 86.0 Å². The Bertz CT molecular complexity index is 5610. The van der Waals surface area contributed by atoms with Gasteiger partial charge in [-0.1, -0.05) is 334 Å². The van der Waals surface area contributed by atoms with Crippen molar-refractivity contribution in [1.82, 2.24) is 44.9 Å². The lowest BCUT2D eigenvalue weighted by molar-refractivity contribution is 0.497. The second-order valence-electron chi connectivity index (χ2n) is 31.8. The van der Waals surface area contributed by atoms with Crippen molar-refractivity contribution in [2.24, 2.45) is 0 Å². The standard InChI is InChI=1S/C18H24N2.C17H23N3.2C17H11NO.C15H9N.C14H16N2/c1-17(2,3)14-12-15(18(4,5)6)20-16(19-14)13-10-8-7-9-11-13;1-16(2,3)14-18-13(12-10-8-7-9-11-12)19-15(20-14)17(4,5)6;1-2-6-12(7-3-1)15-10-14-13-8-4-5-9-16(13)19-17(14)11-18-15;1-2-6-12(7-3-1)16-17-14(10-11-18-16)13-8-4-5-9-15(13)19-17;1-2-12-10-14(8-9-15(12)11-16)13-6-4-3-5-7-13;1-14(2,3)13-15-9-12(10-16-13)11-7-5-4-6-8-11/h7-12H,1-6H3;7-11H,1-6H3;2*1-11H;1,3-10H;4-10H,1-3H3. The van der Waals surface area contributed by atoms with Gasteiger partial charge in [0.1, 0.15) is 40.4 Å². The van der Waals surface area contributed by atoms with Crippen molar-refractivity contribution in [3.05, 3.63) is 332 Å². The largest absolute Gasteiger partial charge is 0.454 e. The fraction of sp³-hybridized carbons (Fsp3) is 0.204. The fourth-order valence-electron chi connectivity index (χ4n) is 11.6. The quantitative estimate of drug-likeness (QED) is 0.145. The number of aromatic nitrogens is 9. The zero-order chi connectivity index (χ0) is 78.2. The van der Waals surface area contributed by atoms with Crippen molar-refractivity contribution in [2.45, 2.75) is 131 Å². The maximum absolute atomic E-state index is 8.87. The highest BCUT2D eigenvalue weighted by Crippen LogP contribution is 2.36. The van der Waals surface area contributed by atoms with Crippen LogP contribution in [0.3, 0.4) is 0 Å². The summed E-state index contributed by atoms with van der Waals surface area (Å²) >= 11 is 0. The molecule has 12 nitrogen and oxygen atoms in total. The van der Waals surface area contributed by atoms with E-state index in [1.807, 2.05) is 207 Å². The third kappa shape index (κ3) is 20.0. The van der Waals surface area contributed by atoms with Gasteiger partial charge in [0.25, 0.3) is 0 Å². The van der Waals surface area contributed by atoms with E-state index in [0.717, 1.165) is 140 Å². The van der Waals surface area contributed by atoms with Crippen LogP contribution in [0.25, 0.3) is 111 Å². The highest BCUT2D eigenvalue weighted by atomic mass is 16.3. The van der Waals surface area contributed by atoms with Gasteiger partial charge in [0, 0.05) is 101 Å². The van der Waals surface area contributed by atoms with Gasteiger partial charge in [-0.3, -0.25) is 9.97 Å². The van der Waals surface area contributed by atoms with Crippen LogP contribution in [-0.2, 0) is 27.1 Å². The molecular formula is C98H94N10O2. The molecule has 110 heavy (non-hydrogen) atoms. The topological polar surface area (TPSA) is 166 Å². The molecule has 7 heterocycles. The van der Waals surface area contributed by atoms with Gasteiger partial charge in [-0.25, -0.2) is 34.9 Å². The molecule has 0 amide bonds. The SMILES string of the molecule is C#Cc1cc(-c2ccccc2)ccc1C#N.CC(C)(C)c1cc(C(C)(C)C)nc(-c2ccccc2)n1.CC(C)(C)c1nc(-c2ccccc2)nc(C(C)(C)C)n1.CC(C)(C)c1ncc(-c2ccccc2)cn1.c1ccc(-c2cc3c(cn2)oc2ccccc23)cc1.c1ccc(-c2nccc3c2oc2ccccc23)cc1. The van der Waals surface area contributed by atoms with Crippen LogP contribution in [0.2, 0.25) is 0 Å². The van der Waals surface area contributed by atoms with Gasteiger partial charge in [-0.05, 0) is 59.2 Å². The van der Waals surface area contributed by atoms with E-state index in [1.54, 1.807) is 12.3 Å². The zero-order valence-electron chi connectivity index (χ0n) is 65.6. The van der Waals surface area contributed by atoms with Crippen molar-refractivity contribution in [2.75, 3.05) is 0 Å². The van der Waals surface area contributed by atoms with Gasteiger partial charge in [0.2, 0.25) is 0 Å². The van der Waals surface area contributed by atoms with Gasteiger partial charge in [0.15, 0.2) is 22.8 Å². The van der Waals surface area contributed by atoms with E-state index in [0.29, 0.717) is 11.1 Å². The monoisotopic (exact) mass is 1440 g/mol. The average Bonchev–Trinajstić information content (AvgIpc) is 1.34. The van der Waals surface area contributed by atoms with E-state index in [4.69, 9.17) is 30.5 Å². The summed E-state index contributed by atoms with van der Waals surface area (Å²) in [7, 11) is 0. The Morgan fingerprint density at radius 1 is 0.300 bits per heavy atom. The second-order valence-corrected chi connectivity index (χ2v) is 31.8. The number of pyridine rings is 2. The van der Waals surface area contributed by atoms with Crippen LogP contribution in [0.5, 0.6) is 0 Å². The van der Waals surface area contributed by atoms with Crippen LogP contribution in [0.4, 0.5) is 0 Å². The summed E-state index contributed by atoms with van der Waals surface area (Å²) in [5.41, 5.74) is 17.3. The summed E-state index contributed by atoms with van der Waals surface area (Å²) in [4.78, 5) is 41.4. The molecule has 0 aliphatic rings. The van der Waals surface area contributed by atoms with Crippen LogP contribution >= 0.6 is 0 Å². The zero-order valence-corrected chi connectivity index (χ0v) is 65.6. The van der Waals surface area contributed by atoms with Crippen LogP contribution in [0, 0.1) is 23.7 Å². The maximum Gasteiger partial charge on any atom is 0.163 e. The minimum atomic E-state index is -0.0908. The van der Waals surface area contributed by atoms with Crippen molar-refractivity contribution in [1.29, 1.82) is 5.26 Å². The molecule has 0 radical (unpaired) electrons. The number of benzene rings is 9. The molecule has 0 spiro atoms. The normalized spacial score (nSPS) is 11.4. The summed E-state index contributed by atoms with van der Waals surface area (Å²) in [6.07, 6.45) is 12.8. The first kappa shape index (κ1) is 78.2. The summed E-state index contributed by atoms with van der Waals surface area (Å²) in [6.45, 7) is 32.3. The Kier molecular flexibility index (Phi) is 24.4. The molecule has 548 valence electrons. The van der Waals surface area contributed by atoms with E-state index >= 15 is 0 Å². The smallest absolute Gasteiger partial charge is 0.163 e. The van der Waals surface area contributed by atoms with Gasteiger partial charge in [-0.2, -0.15) is 5.26 Å². The van der Waals surface area contributed by atoms with Crippen LogP contribution in [-0.4, -0.2) is 44.9 Å². The molecule has 0 unspecified atom stereocenters. The molecule has 16 aromatic rings. The third-order valence-electron chi connectivity index (χ3n) is 17.8. The predicted molar refractivity (Wildman–Crippen MR) is 452 cm³/mol. The van der Waals surface area contributed by atoms with Crippen LogP contribution < -0.4 is 0 Å². The Morgan fingerprint density at radius 2 is 0.718 bits per heavy atom. The molecule has 9 aromatic carbocycles. The molecule has 0 bridgehead atoms. The first-order valence-corrected chi connectivity index (χ1v) is 37.0.